The van der Waals surface area contributed by atoms with Crippen LogP contribution < -0.4 is 5.32 Å². The van der Waals surface area contributed by atoms with Crippen molar-refractivity contribution in [2.45, 2.75) is 12.3 Å². The Morgan fingerprint density at radius 2 is 2.56 bits per heavy atom. The van der Waals surface area contributed by atoms with Crippen LogP contribution in [-0.4, -0.2) is 29.4 Å². The van der Waals surface area contributed by atoms with E-state index in [2.05, 4.69) is 17.9 Å². The quantitative estimate of drug-likeness (QED) is 0.496. The lowest BCUT2D eigenvalue weighted by Gasteiger charge is -2.17. The van der Waals surface area contributed by atoms with Gasteiger partial charge < -0.3 is 4.90 Å². The number of carbonyl (C=O) groups excluding carboxylic acids is 1. The highest BCUT2D eigenvalue weighted by molar-refractivity contribution is 7.80. The SMILES string of the molecule is CC(S)N1CNCC1=O. The second-order valence-corrected chi connectivity index (χ2v) is 2.83. The van der Waals surface area contributed by atoms with Gasteiger partial charge in [0, 0.05) is 0 Å². The minimum absolute atomic E-state index is 0.0347. The number of nitrogens with one attached hydrogen (secondary N) is 1. The zero-order valence-electron chi connectivity index (χ0n) is 5.29. The van der Waals surface area contributed by atoms with Crippen LogP contribution in [0.5, 0.6) is 0 Å². The molecular formula is C5H10N2OS. The van der Waals surface area contributed by atoms with Crippen LogP contribution in [0.3, 0.4) is 0 Å². The molecule has 0 bridgehead atoms. The van der Waals surface area contributed by atoms with Crippen molar-refractivity contribution >= 4 is 18.5 Å². The molecular weight excluding hydrogens is 136 g/mol. The molecule has 52 valence electrons. The molecule has 1 fully saturated rings. The Morgan fingerprint density at radius 1 is 1.89 bits per heavy atom. The highest BCUT2D eigenvalue weighted by Gasteiger charge is 2.21. The molecule has 9 heavy (non-hydrogen) atoms. The van der Waals surface area contributed by atoms with Crippen molar-refractivity contribution in [2.24, 2.45) is 0 Å². The van der Waals surface area contributed by atoms with E-state index in [0.29, 0.717) is 13.2 Å². The van der Waals surface area contributed by atoms with Crippen molar-refractivity contribution in [2.75, 3.05) is 13.2 Å². The molecule has 0 saturated carbocycles. The van der Waals surface area contributed by atoms with E-state index in [-0.39, 0.29) is 11.3 Å². The summed E-state index contributed by atoms with van der Waals surface area (Å²) >= 11 is 4.12. The maximum Gasteiger partial charge on any atom is 0.238 e. The normalized spacial score (nSPS) is 22.9. The average Bonchev–Trinajstić information content (AvgIpc) is 2.13. The molecule has 3 nitrogen and oxygen atoms in total. The van der Waals surface area contributed by atoms with E-state index in [4.69, 9.17) is 0 Å². The van der Waals surface area contributed by atoms with Gasteiger partial charge in [0.05, 0.1) is 18.6 Å². The first-order chi connectivity index (χ1) is 4.22. The topological polar surface area (TPSA) is 32.3 Å². The highest BCUT2D eigenvalue weighted by atomic mass is 32.1. The number of hydrogen-bond acceptors (Lipinski definition) is 3. The first-order valence-electron chi connectivity index (χ1n) is 2.90. The molecule has 0 spiro atoms. The van der Waals surface area contributed by atoms with Crippen LogP contribution in [0.4, 0.5) is 0 Å². The van der Waals surface area contributed by atoms with Crippen LogP contribution in [0.1, 0.15) is 6.92 Å². The summed E-state index contributed by atoms with van der Waals surface area (Å²) in [5.74, 6) is 0.137. The molecule has 1 aliphatic rings. The van der Waals surface area contributed by atoms with Gasteiger partial charge in [-0.15, -0.1) is 0 Å². The molecule has 0 aliphatic carbocycles. The molecule has 0 aromatic carbocycles. The van der Waals surface area contributed by atoms with E-state index < -0.39 is 0 Å². The van der Waals surface area contributed by atoms with Crippen LogP contribution in [0, 0.1) is 0 Å². The van der Waals surface area contributed by atoms with Gasteiger partial charge in [-0.05, 0) is 6.92 Å². The molecule has 1 atom stereocenters. The van der Waals surface area contributed by atoms with Crippen molar-refractivity contribution in [3.05, 3.63) is 0 Å². The fraction of sp³-hybridized carbons (Fsp3) is 0.800. The van der Waals surface area contributed by atoms with Crippen LogP contribution in [0.15, 0.2) is 0 Å². The lowest BCUT2D eigenvalue weighted by molar-refractivity contribution is -0.126. The van der Waals surface area contributed by atoms with Crippen molar-refractivity contribution in [3.63, 3.8) is 0 Å². The molecule has 1 unspecified atom stereocenters. The fourth-order valence-electron chi connectivity index (χ4n) is 0.814. The van der Waals surface area contributed by atoms with Crippen LogP contribution in [0.25, 0.3) is 0 Å². The third-order valence-corrected chi connectivity index (χ3v) is 1.61. The Kier molecular flexibility index (Phi) is 1.97. The number of carbonyl (C=O) groups is 1. The Bertz CT molecular complexity index is 126. The molecule has 1 saturated heterocycles. The monoisotopic (exact) mass is 146 g/mol. The van der Waals surface area contributed by atoms with E-state index in [1.54, 1.807) is 4.90 Å². The molecule has 0 aromatic rings. The van der Waals surface area contributed by atoms with E-state index in [9.17, 15) is 4.79 Å². The van der Waals surface area contributed by atoms with Gasteiger partial charge in [0.15, 0.2) is 0 Å². The Morgan fingerprint density at radius 3 is 2.78 bits per heavy atom. The highest BCUT2D eigenvalue weighted by Crippen LogP contribution is 2.04. The van der Waals surface area contributed by atoms with Gasteiger partial charge >= 0.3 is 0 Å². The minimum atomic E-state index is 0.0347. The van der Waals surface area contributed by atoms with Crippen LogP contribution in [0.2, 0.25) is 0 Å². The van der Waals surface area contributed by atoms with Gasteiger partial charge in [-0.2, -0.15) is 12.6 Å². The fourth-order valence-corrected chi connectivity index (χ4v) is 1.02. The predicted octanol–water partition coefficient (Wildman–Crippen LogP) is -0.349. The summed E-state index contributed by atoms with van der Waals surface area (Å²) in [5, 5.41) is 2.97. The van der Waals surface area contributed by atoms with Crippen molar-refractivity contribution in [1.82, 2.24) is 10.2 Å². The van der Waals surface area contributed by atoms with Crippen LogP contribution in [-0.2, 0) is 4.79 Å². The Hall–Kier alpha value is -0.220. The molecule has 1 heterocycles. The summed E-state index contributed by atoms with van der Waals surface area (Å²) in [4.78, 5) is 12.5. The van der Waals surface area contributed by atoms with Gasteiger partial charge in [-0.3, -0.25) is 10.1 Å². The van der Waals surface area contributed by atoms with Crippen LogP contribution >= 0.6 is 12.6 Å². The van der Waals surface area contributed by atoms with E-state index in [1.165, 1.54) is 0 Å². The zero-order valence-corrected chi connectivity index (χ0v) is 6.19. The van der Waals surface area contributed by atoms with Gasteiger partial charge in [-0.1, -0.05) is 0 Å². The van der Waals surface area contributed by atoms with Gasteiger partial charge in [0.2, 0.25) is 5.91 Å². The number of nitrogens with zero attached hydrogens (tertiary/aromatic N) is 1. The number of amides is 1. The van der Waals surface area contributed by atoms with Crippen molar-refractivity contribution in [3.8, 4) is 0 Å². The minimum Gasteiger partial charge on any atom is -0.317 e. The largest absolute Gasteiger partial charge is 0.317 e. The predicted molar refractivity (Wildman–Crippen MR) is 38.2 cm³/mol. The summed E-state index contributed by atoms with van der Waals surface area (Å²) in [6.45, 7) is 2.99. The number of thiol groups is 1. The van der Waals surface area contributed by atoms with E-state index in [1.807, 2.05) is 6.92 Å². The second kappa shape index (κ2) is 2.58. The lowest BCUT2D eigenvalue weighted by atomic mass is 10.5. The molecule has 1 amide bonds. The standard InChI is InChI=1S/C5H10N2OS/c1-4(9)7-3-6-2-5(7)8/h4,6,9H,2-3H2,1H3. The zero-order chi connectivity index (χ0) is 6.85. The van der Waals surface area contributed by atoms with Crippen molar-refractivity contribution < 1.29 is 4.79 Å². The average molecular weight is 146 g/mol. The summed E-state index contributed by atoms with van der Waals surface area (Å²) in [5.41, 5.74) is 0. The molecule has 1 rings (SSSR count). The van der Waals surface area contributed by atoms with E-state index in [0.717, 1.165) is 0 Å². The molecule has 1 N–H and O–H groups in total. The first-order valence-corrected chi connectivity index (χ1v) is 3.41. The number of rotatable bonds is 1. The number of hydrogen-bond donors (Lipinski definition) is 2. The maximum atomic E-state index is 10.8. The summed E-state index contributed by atoms with van der Waals surface area (Å²) < 4.78 is 0. The smallest absolute Gasteiger partial charge is 0.238 e. The summed E-state index contributed by atoms with van der Waals surface area (Å²) in [6.07, 6.45) is 0. The van der Waals surface area contributed by atoms with Gasteiger partial charge in [-0.25, -0.2) is 0 Å². The maximum absolute atomic E-state index is 10.8. The summed E-state index contributed by atoms with van der Waals surface area (Å²) in [6, 6.07) is 0. The third kappa shape index (κ3) is 1.37. The van der Waals surface area contributed by atoms with E-state index >= 15 is 0 Å². The molecule has 1 aliphatic heterocycles. The van der Waals surface area contributed by atoms with Crippen molar-refractivity contribution in [1.29, 1.82) is 0 Å². The molecule has 4 heteroatoms. The van der Waals surface area contributed by atoms with Gasteiger partial charge in [0.1, 0.15) is 0 Å². The Labute approximate surface area is 59.8 Å². The molecule has 0 aromatic heterocycles. The third-order valence-electron chi connectivity index (χ3n) is 1.33. The van der Waals surface area contributed by atoms with Gasteiger partial charge in [0.25, 0.3) is 0 Å². The summed E-state index contributed by atoms with van der Waals surface area (Å²) in [7, 11) is 0. The second-order valence-electron chi connectivity index (χ2n) is 2.08. The lowest BCUT2D eigenvalue weighted by Crippen LogP contribution is -2.31. The Balaban J connectivity index is 2.49. The first kappa shape index (κ1) is 6.89. The molecule has 0 radical (unpaired) electrons.